The van der Waals surface area contributed by atoms with Gasteiger partial charge in [0.2, 0.25) is 0 Å². The molecule has 0 amide bonds. The highest BCUT2D eigenvalue weighted by molar-refractivity contribution is 7.10. The maximum absolute atomic E-state index is 4.29. The van der Waals surface area contributed by atoms with Gasteiger partial charge in [0, 0.05) is 23.9 Å². The van der Waals surface area contributed by atoms with Crippen LogP contribution in [0.5, 0.6) is 0 Å². The average Bonchev–Trinajstić information content (AvgIpc) is 2.97. The maximum atomic E-state index is 4.29. The third-order valence-corrected chi connectivity index (χ3v) is 4.43. The first-order valence-corrected chi connectivity index (χ1v) is 7.01. The monoisotopic (exact) mass is 251 g/mol. The van der Waals surface area contributed by atoms with Gasteiger partial charge in [-0.2, -0.15) is 8.75 Å². The normalized spacial score (nSPS) is 20.6. The molecule has 5 heteroatoms. The molecule has 2 aromatic heterocycles. The molecule has 1 aliphatic heterocycles. The summed E-state index contributed by atoms with van der Waals surface area (Å²) in [4.78, 5) is 3.74. The summed E-state index contributed by atoms with van der Waals surface area (Å²) in [5, 5.41) is 2.29. The van der Waals surface area contributed by atoms with Gasteiger partial charge in [0.25, 0.3) is 0 Å². The topological polar surface area (TPSA) is 29.0 Å². The van der Waals surface area contributed by atoms with E-state index in [-0.39, 0.29) is 0 Å². The Morgan fingerprint density at radius 1 is 1.50 bits per heavy atom. The van der Waals surface area contributed by atoms with Gasteiger partial charge >= 0.3 is 0 Å². The standard InChI is InChI=1S/C11H13N3S2/c1-8-4-10(7-15-8)9-2-3-14(6-9)11-5-12-16-13-11/h4-5,7,9H,2-3,6H2,1H3. The van der Waals surface area contributed by atoms with Crippen LogP contribution < -0.4 is 4.90 Å². The van der Waals surface area contributed by atoms with E-state index in [9.17, 15) is 0 Å². The molecule has 0 radical (unpaired) electrons. The van der Waals surface area contributed by atoms with Crippen molar-refractivity contribution in [1.82, 2.24) is 8.75 Å². The van der Waals surface area contributed by atoms with E-state index in [1.165, 1.54) is 28.6 Å². The summed E-state index contributed by atoms with van der Waals surface area (Å²) in [7, 11) is 0. The molecule has 1 fully saturated rings. The highest BCUT2D eigenvalue weighted by atomic mass is 32.1. The van der Waals surface area contributed by atoms with Crippen LogP contribution in [0.4, 0.5) is 5.82 Å². The van der Waals surface area contributed by atoms with Gasteiger partial charge in [-0.15, -0.1) is 11.3 Å². The third-order valence-electron chi connectivity index (χ3n) is 3.08. The summed E-state index contributed by atoms with van der Waals surface area (Å²) in [5.41, 5.74) is 1.49. The van der Waals surface area contributed by atoms with Crippen molar-refractivity contribution in [2.24, 2.45) is 0 Å². The predicted octanol–water partition coefficient (Wildman–Crippen LogP) is 2.90. The Hall–Kier alpha value is -0.940. The second kappa shape index (κ2) is 4.14. The quantitative estimate of drug-likeness (QED) is 0.822. The fourth-order valence-corrected chi connectivity index (χ4v) is 3.44. The number of thiophene rings is 1. The lowest BCUT2D eigenvalue weighted by atomic mass is 10.0. The van der Waals surface area contributed by atoms with Gasteiger partial charge in [0.15, 0.2) is 5.82 Å². The fraction of sp³-hybridized carbons (Fsp3) is 0.455. The van der Waals surface area contributed by atoms with Crippen LogP contribution >= 0.6 is 23.1 Å². The molecule has 3 rings (SSSR count). The Kier molecular flexibility index (Phi) is 2.65. The summed E-state index contributed by atoms with van der Waals surface area (Å²) in [6, 6.07) is 2.32. The molecule has 1 atom stereocenters. The van der Waals surface area contributed by atoms with Crippen LogP contribution in [-0.4, -0.2) is 21.8 Å². The van der Waals surface area contributed by atoms with Crippen molar-refractivity contribution >= 4 is 28.9 Å². The van der Waals surface area contributed by atoms with Gasteiger partial charge in [-0.1, -0.05) is 0 Å². The van der Waals surface area contributed by atoms with E-state index < -0.39 is 0 Å². The Labute approximate surface area is 103 Å². The fourth-order valence-electron chi connectivity index (χ4n) is 2.22. The highest BCUT2D eigenvalue weighted by Gasteiger charge is 2.25. The van der Waals surface area contributed by atoms with E-state index in [1.807, 2.05) is 17.5 Å². The average molecular weight is 251 g/mol. The van der Waals surface area contributed by atoms with E-state index in [1.54, 1.807) is 0 Å². The number of nitrogens with zero attached hydrogens (tertiary/aromatic N) is 3. The van der Waals surface area contributed by atoms with Gasteiger partial charge in [-0.3, -0.25) is 0 Å². The second-order valence-electron chi connectivity index (χ2n) is 4.19. The minimum absolute atomic E-state index is 0.673. The lowest BCUT2D eigenvalue weighted by Gasteiger charge is -2.14. The van der Waals surface area contributed by atoms with E-state index in [0.29, 0.717) is 5.92 Å². The van der Waals surface area contributed by atoms with Crippen molar-refractivity contribution in [1.29, 1.82) is 0 Å². The van der Waals surface area contributed by atoms with Crippen LogP contribution in [0.2, 0.25) is 0 Å². The second-order valence-corrected chi connectivity index (χ2v) is 5.86. The zero-order valence-corrected chi connectivity index (χ0v) is 10.7. The Morgan fingerprint density at radius 2 is 2.44 bits per heavy atom. The summed E-state index contributed by atoms with van der Waals surface area (Å²) in [6.07, 6.45) is 3.10. The molecule has 0 spiro atoms. The summed E-state index contributed by atoms with van der Waals surface area (Å²) < 4.78 is 8.35. The molecule has 3 nitrogen and oxygen atoms in total. The molecule has 1 saturated heterocycles. The number of aryl methyl sites for hydroxylation is 1. The Bertz CT molecular complexity index is 463. The number of hydrogen-bond acceptors (Lipinski definition) is 5. The molecule has 1 unspecified atom stereocenters. The Balaban J connectivity index is 1.74. The zero-order valence-electron chi connectivity index (χ0n) is 9.09. The molecule has 2 aromatic rings. The van der Waals surface area contributed by atoms with Gasteiger partial charge in [0.05, 0.1) is 17.9 Å². The highest BCUT2D eigenvalue weighted by Crippen LogP contribution is 2.32. The van der Waals surface area contributed by atoms with Gasteiger partial charge < -0.3 is 4.90 Å². The largest absolute Gasteiger partial charge is 0.354 e. The van der Waals surface area contributed by atoms with Crippen molar-refractivity contribution in [3.8, 4) is 0 Å². The van der Waals surface area contributed by atoms with E-state index in [4.69, 9.17) is 0 Å². The third kappa shape index (κ3) is 1.85. The van der Waals surface area contributed by atoms with E-state index in [2.05, 4.69) is 32.0 Å². The van der Waals surface area contributed by atoms with Crippen molar-refractivity contribution in [2.75, 3.05) is 18.0 Å². The van der Waals surface area contributed by atoms with Gasteiger partial charge in [-0.05, 0) is 30.4 Å². The minimum atomic E-state index is 0.673. The van der Waals surface area contributed by atoms with Crippen LogP contribution in [0.25, 0.3) is 0 Å². The molecule has 0 aromatic carbocycles. The number of hydrogen-bond donors (Lipinski definition) is 0. The molecule has 16 heavy (non-hydrogen) atoms. The van der Waals surface area contributed by atoms with Crippen molar-refractivity contribution in [2.45, 2.75) is 19.3 Å². The molecule has 0 N–H and O–H groups in total. The van der Waals surface area contributed by atoms with Gasteiger partial charge in [0.1, 0.15) is 0 Å². The number of anilines is 1. The van der Waals surface area contributed by atoms with Crippen LogP contribution in [0.3, 0.4) is 0 Å². The van der Waals surface area contributed by atoms with Crippen molar-refractivity contribution in [3.63, 3.8) is 0 Å². The molecule has 3 heterocycles. The summed E-state index contributed by atoms with van der Waals surface area (Å²) >= 11 is 3.13. The smallest absolute Gasteiger partial charge is 0.162 e. The van der Waals surface area contributed by atoms with Crippen LogP contribution in [0, 0.1) is 6.92 Å². The first-order valence-electron chi connectivity index (χ1n) is 5.40. The van der Waals surface area contributed by atoms with Crippen LogP contribution in [-0.2, 0) is 0 Å². The molecule has 84 valence electrons. The van der Waals surface area contributed by atoms with Crippen LogP contribution in [0.15, 0.2) is 17.6 Å². The van der Waals surface area contributed by atoms with Crippen molar-refractivity contribution < 1.29 is 0 Å². The van der Waals surface area contributed by atoms with Crippen LogP contribution in [0.1, 0.15) is 22.8 Å². The first kappa shape index (κ1) is 10.2. The number of rotatable bonds is 2. The molecular weight excluding hydrogens is 238 g/mol. The molecule has 1 aliphatic rings. The molecule has 0 aliphatic carbocycles. The first-order chi connectivity index (χ1) is 7.83. The lowest BCUT2D eigenvalue weighted by Crippen LogP contribution is -2.19. The minimum Gasteiger partial charge on any atom is -0.354 e. The number of aromatic nitrogens is 2. The van der Waals surface area contributed by atoms with Crippen molar-refractivity contribution in [3.05, 3.63) is 28.1 Å². The SMILES string of the molecule is Cc1cc(C2CCN(c3cnsn3)C2)cs1. The molecule has 0 bridgehead atoms. The predicted molar refractivity (Wildman–Crippen MR) is 68.5 cm³/mol. The van der Waals surface area contributed by atoms with Gasteiger partial charge in [-0.25, -0.2) is 0 Å². The molecule has 0 saturated carbocycles. The summed E-state index contributed by atoms with van der Waals surface area (Å²) in [6.45, 7) is 4.36. The Morgan fingerprint density at radius 3 is 3.12 bits per heavy atom. The zero-order chi connectivity index (χ0) is 11.0. The maximum Gasteiger partial charge on any atom is 0.162 e. The lowest BCUT2D eigenvalue weighted by molar-refractivity contribution is 0.778. The summed E-state index contributed by atoms with van der Waals surface area (Å²) in [5.74, 6) is 1.71. The van der Waals surface area contributed by atoms with E-state index in [0.717, 1.165) is 18.9 Å². The molecular formula is C11H13N3S2. The van der Waals surface area contributed by atoms with E-state index >= 15 is 0 Å².